The number of fused-ring (bicyclic) bond motifs is 1. The Bertz CT molecular complexity index is 981. The van der Waals surface area contributed by atoms with Gasteiger partial charge in [-0.25, -0.2) is 0 Å². The molecule has 1 fully saturated rings. The van der Waals surface area contributed by atoms with Crippen molar-refractivity contribution < 1.29 is 14.1 Å². The van der Waals surface area contributed by atoms with Crippen molar-refractivity contribution in [2.24, 2.45) is 0 Å². The zero-order chi connectivity index (χ0) is 19.6. The van der Waals surface area contributed by atoms with Crippen molar-refractivity contribution in [2.45, 2.75) is 31.9 Å². The number of likely N-dealkylation sites (tertiary alicyclic amines) is 1. The van der Waals surface area contributed by atoms with Crippen LogP contribution in [0.5, 0.6) is 5.75 Å². The minimum absolute atomic E-state index is 0.0636. The zero-order valence-electron chi connectivity index (χ0n) is 16.0. The standard InChI is InChI=1S/C21H22N4O3S/c26-21(24-9-4-1-5-10-24)18-12-25(16-6-2-3-7-17(16)27-18)13-19-22-20(23-28-19)15-8-11-29-14-15/h2-3,6-8,11,14,18H,1,4-5,9-10,12-13H2/t18-/m0/s1. The van der Waals surface area contributed by atoms with Crippen LogP contribution >= 0.6 is 11.3 Å². The van der Waals surface area contributed by atoms with E-state index in [0.717, 1.165) is 37.2 Å². The van der Waals surface area contributed by atoms with Gasteiger partial charge in [0.25, 0.3) is 5.91 Å². The number of nitrogens with zero attached hydrogens (tertiary/aromatic N) is 4. The minimum Gasteiger partial charge on any atom is -0.477 e. The van der Waals surface area contributed by atoms with Gasteiger partial charge in [-0.2, -0.15) is 16.3 Å². The van der Waals surface area contributed by atoms with Gasteiger partial charge in [-0.3, -0.25) is 4.79 Å². The molecule has 3 aromatic rings. The lowest BCUT2D eigenvalue weighted by atomic mass is 10.1. The number of hydrogen-bond acceptors (Lipinski definition) is 7. The van der Waals surface area contributed by atoms with Crippen LogP contribution in [0.25, 0.3) is 11.4 Å². The van der Waals surface area contributed by atoms with E-state index >= 15 is 0 Å². The van der Waals surface area contributed by atoms with Crippen LogP contribution in [0.3, 0.4) is 0 Å². The first-order chi connectivity index (χ1) is 14.3. The quantitative estimate of drug-likeness (QED) is 0.655. The third kappa shape index (κ3) is 3.72. The van der Waals surface area contributed by atoms with E-state index in [1.165, 1.54) is 6.42 Å². The van der Waals surface area contributed by atoms with Gasteiger partial charge in [0, 0.05) is 24.0 Å². The average Bonchev–Trinajstić information content (AvgIpc) is 3.46. The van der Waals surface area contributed by atoms with E-state index in [2.05, 4.69) is 15.0 Å². The molecule has 0 unspecified atom stereocenters. The van der Waals surface area contributed by atoms with E-state index in [0.29, 0.717) is 30.6 Å². The maximum Gasteiger partial charge on any atom is 0.265 e. The third-order valence-electron chi connectivity index (χ3n) is 5.38. The average molecular weight is 410 g/mol. The summed E-state index contributed by atoms with van der Waals surface area (Å²) in [6, 6.07) is 9.75. The maximum absolute atomic E-state index is 13.0. The highest BCUT2D eigenvalue weighted by Gasteiger charge is 2.34. The van der Waals surface area contributed by atoms with Gasteiger partial charge in [-0.15, -0.1) is 0 Å². The number of amides is 1. The van der Waals surface area contributed by atoms with Gasteiger partial charge in [-0.05, 0) is 42.8 Å². The predicted molar refractivity (Wildman–Crippen MR) is 110 cm³/mol. The first-order valence-electron chi connectivity index (χ1n) is 9.92. The van der Waals surface area contributed by atoms with E-state index in [-0.39, 0.29) is 5.91 Å². The highest BCUT2D eigenvalue weighted by atomic mass is 32.1. The number of para-hydroxylation sites is 2. The summed E-state index contributed by atoms with van der Waals surface area (Å²) >= 11 is 1.60. The zero-order valence-corrected chi connectivity index (χ0v) is 16.8. The topological polar surface area (TPSA) is 71.7 Å². The molecule has 4 heterocycles. The lowest BCUT2D eigenvalue weighted by Crippen LogP contribution is -2.51. The molecule has 2 aliphatic rings. The molecule has 0 spiro atoms. The molecule has 1 atom stereocenters. The first kappa shape index (κ1) is 18.2. The Labute approximate surface area is 172 Å². The summed E-state index contributed by atoms with van der Waals surface area (Å²) in [4.78, 5) is 21.6. The normalized spacial score (nSPS) is 19.0. The molecule has 2 aliphatic heterocycles. The Morgan fingerprint density at radius 2 is 2.03 bits per heavy atom. The van der Waals surface area contributed by atoms with E-state index in [9.17, 15) is 4.79 Å². The summed E-state index contributed by atoms with van der Waals surface area (Å²) in [5, 5.41) is 8.07. The molecule has 1 aromatic carbocycles. The molecule has 1 saturated heterocycles. The molecule has 8 heteroatoms. The van der Waals surface area contributed by atoms with Gasteiger partial charge >= 0.3 is 0 Å². The third-order valence-corrected chi connectivity index (χ3v) is 6.06. The van der Waals surface area contributed by atoms with Crippen LogP contribution < -0.4 is 9.64 Å². The molecular weight excluding hydrogens is 388 g/mol. The first-order valence-corrected chi connectivity index (χ1v) is 10.9. The van der Waals surface area contributed by atoms with Crippen LogP contribution in [0.2, 0.25) is 0 Å². The van der Waals surface area contributed by atoms with Gasteiger partial charge in [0.05, 0.1) is 18.8 Å². The number of rotatable bonds is 4. The molecule has 2 aromatic heterocycles. The van der Waals surface area contributed by atoms with Crippen LogP contribution in [-0.2, 0) is 11.3 Å². The molecule has 150 valence electrons. The van der Waals surface area contributed by atoms with Gasteiger partial charge in [0.15, 0.2) is 6.10 Å². The SMILES string of the molecule is O=C([C@@H]1CN(Cc2nc(-c3ccsc3)no2)c2ccccc2O1)N1CCCCC1. The van der Waals surface area contributed by atoms with Gasteiger partial charge in [0.1, 0.15) is 5.75 Å². The number of piperidine rings is 1. The number of carbonyl (C=O) groups is 1. The molecule has 0 N–H and O–H groups in total. The Morgan fingerprint density at radius 3 is 2.86 bits per heavy atom. The van der Waals surface area contributed by atoms with E-state index < -0.39 is 6.10 Å². The number of benzene rings is 1. The van der Waals surface area contributed by atoms with Crippen molar-refractivity contribution in [3.8, 4) is 17.1 Å². The number of ether oxygens (including phenoxy) is 1. The van der Waals surface area contributed by atoms with Crippen LogP contribution in [0, 0.1) is 0 Å². The monoisotopic (exact) mass is 410 g/mol. The maximum atomic E-state index is 13.0. The molecule has 0 radical (unpaired) electrons. The molecule has 0 bridgehead atoms. The molecular formula is C21H22N4O3S. The summed E-state index contributed by atoms with van der Waals surface area (Å²) in [6.07, 6.45) is 2.79. The summed E-state index contributed by atoms with van der Waals surface area (Å²) in [5.74, 6) is 1.89. The second-order valence-corrected chi connectivity index (χ2v) is 8.14. The molecule has 7 nitrogen and oxygen atoms in total. The van der Waals surface area contributed by atoms with Crippen molar-refractivity contribution >= 4 is 22.9 Å². The number of aromatic nitrogens is 2. The van der Waals surface area contributed by atoms with E-state index in [4.69, 9.17) is 9.26 Å². The Kier molecular flexibility index (Phi) is 4.93. The fraction of sp³-hybridized carbons (Fsp3) is 0.381. The number of thiophene rings is 1. The minimum atomic E-state index is -0.526. The fourth-order valence-corrected chi connectivity index (χ4v) is 4.53. The smallest absolute Gasteiger partial charge is 0.265 e. The van der Waals surface area contributed by atoms with Gasteiger partial charge < -0.3 is 19.1 Å². The second kappa shape index (κ2) is 7.87. The van der Waals surface area contributed by atoms with Gasteiger partial charge in [0.2, 0.25) is 11.7 Å². The Balaban J connectivity index is 1.37. The van der Waals surface area contributed by atoms with Crippen LogP contribution in [0.1, 0.15) is 25.2 Å². The summed E-state index contributed by atoms with van der Waals surface area (Å²) < 4.78 is 11.6. The number of anilines is 1. The van der Waals surface area contributed by atoms with E-state index in [1.807, 2.05) is 46.0 Å². The molecule has 0 saturated carbocycles. The molecule has 0 aliphatic carbocycles. The van der Waals surface area contributed by atoms with Crippen molar-refractivity contribution in [1.29, 1.82) is 0 Å². The van der Waals surface area contributed by atoms with Crippen molar-refractivity contribution in [2.75, 3.05) is 24.5 Å². The Hall–Kier alpha value is -2.87. The van der Waals surface area contributed by atoms with Gasteiger partial charge in [-0.1, -0.05) is 17.3 Å². The lowest BCUT2D eigenvalue weighted by molar-refractivity contribution is -0.139. The van der Waals surface area contributed by atoms with Crippen LogP contribution in [0.15, 0.2) is 45.6 Å². The largest absolute Gasteiger partial charge is 0.477 e. The van der Waals surface area contributed by atoms with Crippen LogP contribution in [0.4, 0.5) is 5.69 Å². The molecule has 5 rings (SSSR count). The molecule has 29 heavy (non-hydrogen) atoms. The van der Waals surface area contributed by atoms with E-state index in [1.54, 1.807) is 11.3 Å². The Morgan fingerprint density at radius 1 is 1.17 bits per heavy atom. The highest BCUT2D eigenvalue weighted by molar-refractivity contribution is 7.08. The van der Waals surface area contributed by atoms with Crippen molar-refractivity contribution in [3.05, 3.63) is 47.0 Å². The molecule has 1 amide bonds. The van der Waals surface area contributed by atoms with Crippen molar-refractivity contribution in [1.82, 2.24) is 15.0 Å². The van der Waals surface area contributed by atoms with Crippen LogP contribution in [-0.4, -0.2) is 46.7 Å². The fourth-order valence-electron chi connectivity index (χ4n) is 3.89. The summed E-state index contributed by atoms with van der Waals surface area (Å²) in [6.45, 7) is 2.52. The number of carbonyl (C=O) groups excluding carboxylic acids is 1. The lowest BCUT2D eigenvalue weighted by Gasteiger charge is -2.37. The highest BCUT2D eigenvalue weighted by Crippen LogP contribution is 2.34. The predicted octanol–water partition coefficient (Wildman–Crippen LogP) is 3.58. The summed E-state index contributed by atoms with van der Waals surface area (Å²) in [7, 11) is 0. The summed E-state index contributed by atoms with van der Waals surface area (Å²) in [5.41, 5.74) is 1.89. The number of hydrogen-bond donors (Lipinski definition) is 0. The van der Waals surface area contributed by atoms with Crippen molar-refractivity contribution in [3.63, 3.8) is 0 Å². The second-order valence-electron chi connectivity index (χ2n) is 7.36.